The molecule has 0 aromatic carbocycles. The highest BCUT2D eigenvalue weighted by Crippen LogP contribution is 2.07. The van der Waals surface area contributed by atoms with Crippen LogP contribution in [-0.4, -0.2) is 29.3 Å². The Morgan fingerprint density at radius 3 is 3.00 bits per heavy atom. The van der Waals surface area contributed by atoms with Gasteiger partial charge < -0.3 is 10.6 Å². The normalized spacial score (nSPS) is 11.6. The summed E-state index contributed by atoms with van der Waals surface area (Å²) in [5.74, 6) is 0.820. The van der Waals surface area contributed by atoms with Crippen molar-refractivity contribution in [3.8, 4) is 0 Å². The molecule has 2 rings (SSSR count). The van der Waals surface area contributed by atoms with Gasteiger partial charge in [0.05, 0.1) is 6.20 Å². The molecule has 0 atom stereocenters. The maximum atomic E-state index is 4.20. The number of aryl methyl sites for hydroxylation is 1. The van der Waals surface area contributed by atoms with Crippen molar-refractivity contribution in [2.45, 2.75) is 13.0 Å². The van der Waals surface area contributed by atoms with Crippen LogP contribution in [0, 0.1) is 0 Å². The molecular weight excluding hydrogens is 258 g/mol. The van der Waals surface area contributed by atoms with Crippen LogP contribution in [-0.2, 0) is 20.0 Å². The van der Waals surface area contributed by atoms with Gasteiger partial charge in [-0.15, -0.1) is 11.3 Å². The van der Waals surface area contributed by atoms with Gasteiger partial charge in [-0.1, -0.05) is 6.07 Å². The summed E-state index contributed by atoms with van der Waals surface area (Å²) < 4.78 is 1.80. The van der Waals surface area contributed by atoms with Gasteiger partial charge in [-0.25, -0.2) is 0 Å². The van der Waals surface area contributed by atoms with Crippen LogP contribution in [0.25, 0.3) is 0 Å². The molecule has 0 aliphatic rings. The summed E-state index contributed by atoms with van der Waals surface area (Å²) in [7, 11) is 3.70. The van der Waals surface area contributed by atoms with E-state index in [1.54, 1.807) is 23.1 Å². The monoisotopic (exact) mass is 277 g/mol. The molecule has 0 unspecified atom stereocenters. The minimum absolute atomic E-state index is 0.729. The van der Waals surface area contributed by atoms with E-state index in [0.717, 1.165) is 31.0 Å². The predicted molar refractivity (Wildman–Crippen MR) is 79.4 cm³/mol. The van der Waals surface area contributed by atoms with Crippen molar-refractivity contribution in [2.24, 2.45) is 12.0 Å². The van der Waals surface area contributed by atoms with Gasteiger partial charge in [0.15, 0.2) is 5.96 Å². The summed E-state index contributed by atoms with van der Waals surface area (Å²) >= 11 is 1.78. The first kappa shape index (κ1) is 13.6. The summed E-state index contributed by atoms with van der Waals surface area (Å²) in [4.78, 5) is 5.58. The molecule has 0 bridgehead atoms. The van der Waals surface area contributed by atoms with Crippen molar-refractivity contribution in [1.82, 2.24) is 20.4 Å². The van der Waals surface area contributed by atoms with Crippen molar-refractivity contribution in [3.63, 3.8) is 0 Å². The van der Waals surface area contributed by atoms with Crippen molar-refractivity contribution in [1.29, 1.82) is 0 Å². The Balaban J connectivity index is 1.71. The smallest absolute Gasteiger partial charge is 0.191 e. The second-order valence-electron chi connectivity index (χ2n) is 4.20. The Hall–Kier alpha value is -1.82. The molecule has 2 N–H and O–H groups in total. The summed E-state index contributed by atoms with van der Waals surface area (Å²) in [6, 6.07) is 4.23. The third kappa shape index (κ3) is 4.40. The van der Waals surface area contributed by atoms with Crippen LogP contribution in [0.5, 0.6) is 0 Å². The molecule has 0 fully saturated rings. The zero-order chi connectivity index (χ0) is 13.5. The lowest BCUT2D eigenvalue weighted by molar-refractivity contribution is 0.764. The number of aromatic nitrogens is 2. The number of nitrogens with zero attached hydrogens (tertiary/aromatic N) is 3. The average molecular weight is 277 g/mol. The summed E-state index contributed by atoms with van der Waals surface area (Å²) in [5.41, 5.74) is 1.14. The van der Waals surface area contributed by atoms with E-state index in [4.69, 9.17) is 0 Å². The largest absolute Gasteiger partial charge is 0.356 e. The van der Waals surface area contributed by atoms with Crippen LogP contribution in [0.4, 0.5) is 0 Å². The van der Waals surface area contributed by atoms with E-state index in [1.165, 1.54) is 4.88 Å². The summed E-state index contributed by atoms with van der Waals surface area (Å²) in [5, 5.41) is 12.8. The lowest BCUT2D eigenvalue weighted by Gasteiger charge is -2.10. The number of rotatable bonds is 5. The molecule has 2 aromatic rings. The van der Waals surface area contributed by atoms with E-state index in [2.05, 4.69) is 38.2 Å². The van der Waals surface area contributed by atoms with Crippen molar-refractivity contribution in [2.75, 3.05) is 13.6 Å². The van der Waals surface area contributed by atoms with Crippen molar-refractivity contribution < 1.29 is 0 Å². The molecule has 19 heavy (non-hydrogen) atoms. The summed E-state index contributed by atoms with van der Waals surface area (Å²) in [6.07, 6.45) is 4.86. The van der Waals surface area contributed by atoms with E-state index < -0.39 is 0 Å². The molecule has 0 radical (unpaired) electrons. The molecule has 0 spiro atoms. The second kappa shape index (κ2) is 6.94. The number of thiophene rings is 1. The predicted octanol–water partition coefficient (Wildman–Crippen LogP) is 1.39. The zero-order valence-corrected chi connectivity index (χ0v) is 12.1. The van der Waals surface area contributed by atoms with E-state index in [1.807, 2.05) is 19.4 Å². The number of guanidine groups is 1. The van der Waals surface area contributed by atoms with Crippen molar-refractivity contribution in [3.05, 3.63) is 40.3 Å². The highest BCUT2D eigenvalue weighted by atomic mass is 32.1. The molecule has 2 heterocycles. The van der Waals surface area contributed by atoms with Gasteiger partial charge in [-0.3, -0.25) is 9.67 Å². The maximum absolute atomic E-state index is 4.20. The van der Waals surface area contributed by atoms with Gasteiger partial charge in [-0.2, -0.15) is 5.10 Å². The fourth-order valence-electron chi connectivity index (χ4n) is 1.73. The van der Waals surface area contributed by atoms with Gasteiger partial charge in [0.2, 0.25) is 0 Å². The van der Waals surface area contributed by atoms with Gasteiger partial charge in [0.1, 0.15) is 0 Å². The van der Waals surface area contributed by atoms with Crippen molar-refractivity contribution >= 4 is 17.3 Å². The van der Waals surface area contributed by atoms with E-state index in [-0.39, 0.29) is 0 Å². The average Bonchev–Trinajstić information content (AvgIpc) is 3.05. The number of hydrogen-bond acceptors (Lipinski definition) is 3. The van der Waals surface area contributed by atoms with E-state index in [9.17, 15) is 0 Å². The van der Waals surface area contributed by atoms with Crippen LogP contribution in [0.3, 0.4) is 0 Å². The minimum Gasteiger partial charge on any atom is -0.356 e. The van der Waals surface area contributed by atoms with Crippen LogP contribution in [0.15, 0.2) is 34.9 Å². The van der Waals surface area contributed by atoms with Gasteiger partial charge in [-0.05, 0) is 17.9 Å². The Bertz CT molecular complexity index is 515. The fourth-order valence-corrected chi connectivity index (χ4v) is 2.44. The molecule has 0 amide bonds. The molecule has 2 aromatic heterocycles. The fraction of sp³-hybridized carbons (Fsp3) is 0.385. The minimum atomic E-state index is 0.729. The lowest BCUT2D eigenvalue weighted by atomic mass is 10.3. The Labute approximate surface area is 117 Å². The first-order chi connectivity index (χ1) is 9.28. The van der Waals surface area contributed by atoms with Gasteiger partial charge >= 0.3 is 0 Å². The number of nitrogens with one attached hydrogen (secondary N) is 2. The first-order valence-corrected chi connectivity index (χ1v) is 7.10. The second-order valence-corrected chi connectivity index (χ2v) is 5.24. The molecule has 0 aliphatic carbocycles. The van der Waals surface area contributed by atoms with E-state index in [0.29, 0.717) is 0 Å². The highest BCUT2D eigenvalue weighted by Gasteiger charge is 2.00. The van der Waals surface area contributed by atoms with Crippen LogP contribution in [0.1, 0.15) is 10.4 Å². The number of aliphatic imine (C=N–C) groups is 1. The maximum Gasteiger partial charge on any atom is 0.191 e. The Morgan fingerprint density at radius 2 is 2.37 bits per heavy atom. The third-order valence-corrected chi connectivity index (χ3v) is 3.62. The summed E-state index contributed by atoms with van der Waals surface area (Å²) in [6.45, 7) is 1.61. The standard InChI is InChI=1S/C13H19N5S/c1-14-13(15-6-5-12-4-3-7-19-12)16-8-11-9-17-18(2)10-11/h3-4,7,9-10H,5-6,8H2,1-2H3,(H2,14,15,16). The first-order valence-electron chi connectivity index (χ1n) is 6.22. The molecule has 0 saturated heterocycles. The topological polar surface area (TPSA) is 54.2 Å². The van der Waals surface area contributed by atoms with Gasteiger partial charge in [0.25, 0.3) is 0 Å². The Kier molecular flexibility index (Phi) is 4.97. The SMILES string of the molecule is CN=C(NCCc1cccs1)NCc1cnn(C)c1. The van der Waals surface area contributed by atoms with E-state index >= 15 is 0 Å². The zero-order valence-electron chi connectivity index (χ0n) is 11.3. The van der Waals surface area contributed by atoms with Gasteiger partial charge in [0, 0.05) is 43.8 Å². The third-order valence-electron chi connectivity index (χ3n) is 2.69. The molecule has 0 saturated carbocycles. The van der Waals surface area contributed by atoms with Crippen LogP contribution in [0.2, 0.25) is 0 Å². The van der Waals surface area contributed by atoms with Crippen LogP contribution < -0.4 is 10.6 Å². The quantitative estimate of drug-likeness (QED) is 0.641. The van der Waals surface area contributed by atoms with Crippen LogP contribution >= 0.6 is 11.3 Å². The molecule has 0 aliphatic heterocycles. The molecular formula is C13H19N5S. The molecule has 102 valence electrons. The molecule has 5 nitrogen and oxygen atoms in total. The Morgan fingerprint density at radius 1 is 1.47 bits per heavy atom. The number of hydrogen-bond donors (Lipinski definition) is 2. The highest BCUT2D eigenvalue weighted by molar-refractivity contribution is 7.09. The molecule has 6 heteroatoms. The lowest BCUT2D eigenvalue weighted by Crippen LogP contribution is -2.37.